The molecule has 0 saturated carbocycles. The lowest BCUT2D eigenvalue weighted by atomic mass is 10.1. The van der Waals surface area contributed by atoms with Gasteiger partial charge in [-0.3, -0.25) is 0 Å². The van der Waals surface area contributed by atoms with Crippen molar-refractivity contribution in [1.82, 2.24) is 9.97 Å². The normalized spacial score (nSPS) is 11.2. The largest absolute Gasteiger partial charge is 0.229 e. The minimum absolute atomic E-state index is 0.944. The Bertz CT molecular complexity index is 930. The highest BCUT2D eigenvalue weighted by Gasteiger charge is 2.13. The third kappa shape index (κ3) is 3.21. The van der Waals surface area contributed by atoms with Crippen LogP contribution in [0, 0.1) is 0 Å². The van der Waals surface area contributed by atoms with Crippen LogP contribution in [0.3, 0.4) is 0 Å². The van der Waals surface area contributed by atoms with E-state index in [1.165, 1.54) is 21.4 Å². The van der Waals surface area contributed by atoms with Crippen LogP contribution in [-0.4, -0.2) is 9.97 Å². The fourth-order valence-corrected chi connectivity index (χ4v) is 5.36. The number of nitrogens with zero attached hydrogens (tertiary/aromatic N) is 2. The highest BCUT2D eigenvalue weighted by molar-refractivity contribution is 9.10. The van der Waals surface area contributed by atoms with Gasteiger partial charge in [-0.2, -0.15) is 0 Å². The van der Waals surface area contributed by atoms with Crippen molar-refractivity contribution in [2.24, 2.45) is 0 Å². The zero-order valence-corrected chi connectivity index (χ0v) is 15.9. The maximum atomic E-state index is 4.54. The molecule has 0 bridgehead atoms. The molecule has 4 rings (SSSR count). The van der Waals surface area contributed by atoms with E-state index in [1.54, 1.807) is 40.8 Å². The summed E-state index contributed by atoms with van der Waals surface area (Å²) in [7, 11) is 0. The van der Waals surface area contributed by atoms with Crippen LogP contribution >= 0.6 is 50.4 Å². The van der Waals surface area contributed by atoms with E-state index in [0.29, 0.717) is 0 Å². The van der Waals surface area contributed by atoms with E-state index >= 15 is 0 Å². The Hall–Kier alpha value is -1.21. The molecule has 1 aromatic carbocycles. The molecule has 3 heterocycles. The number of thioether (sulfide) groups is 1. The third-order valence-electron chi connectivity index (χ3n) is 3.42. The fraction of sp³-hybridized carbons (Fsp3) is 0.0588. The Balaban J connectivity index is 1.75. The Morgan fingerprint density at radius 1 is 1.04 bits per heavy atom. The average molecular weight is 419 g/mol. The summed E-state index contributed by atoms with van der Waals surface area (Å²) in [5.74, 6) is 0.944. The van der Waals surface area contributed by atoms with E-state index in [0.717, 1.165) is 20.1 Å². The van der Waals surface area contributed by atoms with Gasteiger partial charge in [0.15, 0.2) is 0 Å². The molecule has 0 unspecified atom stereocenters. The van der Waals surface area contributed by atoms with Crippen LogP contribution in [-0.2, 0) is 5.75 Å². The summed E-state index contributed by atoms with van der Waals surface area (Å²) in [6.45, 7) is 0. The second kappa shape index (κ2) is 6.73. The summed E-state index contributed by atoms with van der Waals surface area (Å²) in [5, 5.41) is 6.52. The summed E-state index contributed by atoms with van der Waals surface area (Å²) in [6.07, 6.45) is 1.67. The topological polar surface area (TPSA) is 25.8 Å². The van der Waals surface area contributed by atoms with E-state index in [-0.39, 0.29) is 0 Å². The summed E-state index contributed by atoms with van der Waals surface area (Å²) < 4.78 is 1.09. The van der Waals surface area contributed by atoms with Gasteiger partial charge in [-0.05, 0) is 29.1 Å². The Kier molecular flexibility index (Phi) is 4.48. The number of hydrogen-bond donors (Lipinski definition) is 0. The molecule has 6 heteroatoms. The summed E-state index contributed by atoms with van der Waals surface area (Å²) in [6, 6.07) is 12.7. The molecule has 0 radical (unpaired) electrons. The van der Waals surface area contributed by atoms with Crippen molar-refractivity contribution in [1.29, 1.82) is 0 Å². The van der Waals surface area contributed by atoms with Gasteiger partial charge in [-0.25, -0.2) is 9.97 Å². The SMILES string of the molecule is Brc1ccc(-c2csc3ncnc(SCc4cccs4)c23)cc1. The average Bonchev–Trinajstić information content (AvgIpc) is 3.23. The molecule has 114 valence electrons. The van der Waals surface area contributed by atoms with Gasteiger partial charge in [0.1, 0.15) is 16.2 Å². The summed E-state index contributed by atoms with van der Waals surface area (Å²) in [4.78, 5) is 11.4. The predicted octanol–water partition coefficient (Wildman–Crippen LogP) is 6.47. The van der Waals surface area contributed by atoms with E-state index in [9.17, 15) is 0 Å². The zero-order valence-electron chi connectivity index (χ0n) is 11.9. The van der Waals surface area contributed by atoms with Crippen molar-refractivity contribution in [3.8, 4) is 11.1 Å². The molecule has 0 fully saturated rings. The zero-order chi connectivity index (χ0) is 15.6. The molecule has 0 aliphatic rings. The van der Waals surface area contributed by atoms with Crippen LogP contribution in [0.2, 0.25) is 0 Å². The highest BCUT2D eigenvalue weighted by atomic mass is 79.9. The molecule has 23 heavy (non-hydrogen) atoms. The highest BCUT2D eigenvalue weighted by Crippen LogP contribution is 2.39. The van der Waals surface area contributed by atoms with Gasteiger partial charge in [0.25, 0.3) is 0 Å². The number of hydrogen-bond acceptors (Lipinski definition) is 5. The van der Waals surface area contributed by atoms with E-state index in [1.807, 2.05) is 0 Å². The first-order chi connectivity index (χ1) is 11.3. The smallest absolute Gasteiger partial charge is 0.128 e. The molecule has 0 aliphatic heterocycles. The lowest BCUT2D eigenvalue weighted by Crippen LogP contribution is -1.86. The van der Waals surface area contributed by atoms with Crippen LogP contribution < -0.4 is 0 Å². The van der Waals surface area contributed by atoms with Gasteiger partial charge >= 0.3 is 0 Å². The predicted molar refractivity (Wildman–Crippen MR) is 104 cm³/mol. The first kappa shape index (κ1) is 15.3. The van der Waals surface area contributed by atoms with Crippen molar-refractivity contribution in [2.45, 2.75) is 10.8 Å². The summed E-state index contributed by atoms with van der Waals surface area (Å²) in [5.41, 5.74) is 2.42. The molecule has 0 aliphatic carbocycles. The van der Waals surface area contributed by atoms with Crippen LogP contribution in [0.25, 0.3) is 21.3 Å². The number of thiophene rings is 2. The van der Waals surface area contributed by atoms with Crippen molar-refractivity contribution in [2.75, 3.05) is 0 Å². The lowest BCUT2D eigenvalue weighted by molar-refractivity contribution is 1.11. The Labute approximate surface area is 154 Å². The van der Waals surface area contributed by atoms with Crippen LogP contribution in [0.4, 0.5) is 0 Å². The third-order valence-corrected chi connectivity index (χ3v) is 6.93. The van der Waals surface area contributed by atoms with Crippen molar-refractivity contribution in [3.63, 3.8) is 0 Å². The van der Waals surface area contributed by atoms with Gasteiger partial charge < -0.3 is 0 Å². The van der Waals surface area contributed by atoms with Gasteiger partial charge in [-0.1, -0.05) is 34.1 Å². The van der Waals surface area contributed by atoms with E-state index in [4.69, 9.17) is 0 Å². The molecular weight excluding hydrogens is 408 g/mol. The second-order valence-electron chi connectivity index (χ2n) is 4.88. The second-order valence-corrected chi connectivity index (χ2v) is 8.65. The maximum absolute atomic E-state index is 4.54. The first-order valence-corrected chi connectivity index (χ1v) is 10.5. The van der Waals surface area contributed by atoms with Crippen LogP contribution in [0.1, 0.15) is 4.88 Å². The molecule has 0 atom stereocenters. The minimum Gasteiger partial charge on any atom is -0.229 e. The van der Waals surface area contributed by atoms with Crippen molar-refractivity contribution < 1.29 is 0 Å². The quantitative estimate of drug-likeness (QED) is 0.280. The molecule has 0 spiro atoms. The molecule has 4 aromatic rings. The molecule has 0 saturated heterocycles. The molecule has 0 N–H and O–H groups in total. The molecule has 3 aromatic heterocycles. The number of halogens is 1. The minimum atomic E-state index is 0.944. The van der Waals surface area contributed by atoms with Crippen molar-refractivity contribution >= 4 is 60.6 Å². The number of aromatic nitrogens is 2. The number of fused-ring (bicyclic) bond motifs is 1. The van der Waals surface area contributed by atoms with Crippen LogP contribution in [0.5, 0.6) is 0 Å². The van der Waals surface area contributed by atoms with Crippen LogP contribution in [0.15, 0.2) is 63.0 Å². The first-order valence-electron chi connectivity index (χ1n) is 6.94. The Morgan fingerprint density at radius 3 is 2.70 bits per heavy atom. The fourth-order valence-electron chi connectivity index (χ4n) is 2.33. The summed E-state index contributed by atoms with van der Waals surface area (Å²) >= 11 is 8.74. The molecule has 0 amide bonds. The van der Waals surface area contributed by atoms with E-state index < -0.39 is 0 Å². The van der Waals surface area contributed by atoms with Crippen molar-refractivity contribution in [3.05, 3.63) is 62.8 Å². The van der Waals surface area contributed by atoms with Gasteiger partial charge in [-0.15, -0.1) is 34.4 Å². The van der Waals surface area contributed by atoms with Gasteiger partial charge in [0, 0.05) is 26.0 Å². The van der Waals surface area contributed by atoms with Gasteiger partial charge in [0.05, 0.1) is 5.39 Å². The maximum Gasteiger partial charge on any atom is 0.128 e. The lowest BCUT2D eigenvalue weighted by Gasteiger charge is -2.05. The molecule has 2 nitrogen and oxygen atoms in total. The Morgan fingerprint density at radius 2 is 1.91 bits per heavy atom. The molecular formula is C17H11BrN2S3. The van der Waals surface area contributed by atoms with E-state index in [2.05, 4.69) is 73.1 Å². The van der Waals surface area contributed by atoms with Gasteiger partial charge in [0.2, 0.25) is 0 Å². The number of benzene rings is 1. The number of rotatable bonds is 4. The monoisotopic (exact) mass is 418 g/mol. The standard InChI is InChI=1S/C17H11BrN2S3/c18-12-5-3-11(4-6-12)14-9-23-17-15(14)16(19-10-20-17)22-8-13-2-1-7-21-13/h1-7,9-10H,8H2.